The van der Waals surface area contributed by atoms with Crippen LogP contribution in [0.1, 0.15) is 27.2 Å². The molecule has 25 heavy (non-hydrogen) atoms. The second kappa shape index (κ2) is 7.31. The van der Waals surface area contributed by atoms with Crippen LogP contribution in [0.25, 0.3) is 0 Å². The molecule has 10 nitrogen and oxygen atoms in total. The molecule has 1 unspecified atom stereocenters. The molecule has 2 amide bonds. The van der Waals surface area contributed by atoms with Gasteiger partial charge in [-0.05, 0) is 32.1 Å². The quantitative estimate of drug-likeness (QED) is 0.610. The summed E-state index contributed by atoms with van der Waals surface area (Å²) in [6.07, 6.45) is -0.0193. The molecule has 0 aromatic carbocycles. The summed E-state index contributed by atoms with van der Waals surface area (Å²) >= 11 is 0.761. The Kier molecular flexibility index (Phi) is 5.58. The summed E-state index contributed by atoms with van der Waals surface area (Å²) in [6.45, 7) is 7.49. The van der Waals surface area contributed by atoms with Crippen LogP contribution in [0, 0.1) is 10.1 Å². The van der Waals surface area contributed by atoms with Crippen molar-refractivity contribution in [3.05, 3.63) is 16.3 Å². The van der Waals surface area contributed by atoms with Crippen molar-refractivity contribution in [3.8, 4) is 0 Å². The molecule has 11 heteroatoms. The number of aromatic nitrogens is 1. The Balaban J connectivity index is 2.03. The van der Waals surface area contributed by atoms with Gasteiger partial charge in [0.15, 0.2) is 5.13 Å². The van der Waals surface area contributed by atoms with Gasteiger partial charge in [-0.2, -0.15) is 0 Å². The number of nitrogens with zero attached hydrogens (tertiary/aromatic N) is 4. The second-order valence-electron chi connectivity index (χ2n) is 6.76. The third kappa shape index (κ3) is 4.86. The number of rotatable bonds is 4. The molecule has 0 saturated carbocycles. The van der Waals surface area contributed by atoms with E-state index in [0.29, 0.717) is 19.6 Å². The zero-order valence-corrected chi connectivity index (χ0v) is 15.1. The largest absolute Gasteiger partial charge is 0.465 e. The minimum absolute atomic E-state index is 0.0355. The number of carboxylic acid groups (broad SMARTS) is 1. The van der Waals surface area contributed by atoms with Crippen LogP contribution < -0.4 is 5.32 Å². The normalized spacial score (nSPS) is 18.8. The Bertz CT molecular complexity index is 671. The summed E-state index contributed by atoms with van der Waals surface area (Å²) in [5.41, 5.74) is -0.130. The summed E-state index contributed by atoms with van der Waals surface area (Å²) in [6, 6.07) is -0.486. The Morgan fingerprint density at radius 3 is 2.68 bits per heavy atom. The first-order chi connectivity index (χ1) is 11.6. The fraction of sp³-hybridized carbons (Fsp3) is 0.643. The number of hydrogen-bond acceptors (Lipinski definition) is 7. The van der Waals surface area contributed by atoms with Gasteiger partial charge >= 0.3 is 11.1 Å². The number of carbonyl (C=O) groups is 2. The molecule has 1 atom stereocenters. The lowest BCUT2D eigenvalue weighted by molar-refractivity contribution is -0.380. The van der Waals surface area contributed by atoms with Crippen LogP contribution in [-0.4, -0.2) is 68.0 Å². The number of amides is 2. The van der Waals surface area contributed by atoms with Crippen molar-refractivity contribution in [2.75, 3.05) is 25.0 Å². The molecule has 2 rings (SSSR count). The molecule has 1 fully saturated rings. The number of nitro groups is 1. The zero-order chi connectivity index (χ0) is 18.8. The van der Waals surface area contributed by atoms with Crippen molar-refractivity contribution in [2.45, 2.75) is 38.8 Å². The molecular weight excluding hydrogens is 350 g/mol. The van der Waals surface area contributed by atoms with Crippen molar-refractivity contribution >= 4 is 33.5 Å². The van der Waals surface area contributed by atoms with Crippen molar-refractivity contribution in [2.24, 2.45) is 0 Å². The highest BCUT2D eigenvalue weighted by atomic mass is 32.1. The van der Waals surface area contributed by atoms with E-state index in [1.165, 1.54) is 4.90 Å². The first-order valence-corrected chi connectivity index (χ1v) is 8.54. The van der Waals surface area contributed by atoms with E-state index < -0.39 is 23.0 Å². The van der Waals surface area contributed by atoms with E-state index in [9.17, 15) is 24.8 Å². The molecule has 138 valence electrons. The number of anilines is 1. The third-order valence-corrected chi connectivity index (χ3v) is 4.88. The Labute approximate surface area is 148 Å². The van der Waals surface area contributed by atoms with Crippen LogP contribution in [0.2, 0.25) is 0 Å². The molecule has 0 radical (unpaired) electrons. The summed E-state index contributed by atoms with van der Waals surface area (Å²) in [5.74, 6) is -0.420. The second-order valence-corrected chi connectivity index (χ2v) is 7.77. The van der Waals surface area contributed by atoms with Gasteiger partial charge in [0.2, 0.25) is 5.91 Å². The highest BCUT2D eigenvalue weighted by Crippen LogP contribution is 2.26. The molecule has 1 aromatic heterocycles. The van der Waals surface area contributed by atoms with Crippen molar-refractivity contribution in [1.29, 1.82) is 0 Å². The average molecular weight is 371 g/mol. The molecule has 0 bridgehead atoms. The number of thiazole rings is 1. The van der Waals surface area contributed by atoms with Crippen LogP contribution in [-0.2, 0) is 4.79 Å². The first kappa shape index (κ1) is 19.1. The fourth-order valence-corrected chi connectivity index (χ4v) is 3.33. The van der Waals surface area contributed by atoms with Crippen molar-refractivity contribution in [1.82, 2.24) is 14.8 Å². The van der Waals surface area contributed by atoms with Crippen molar-refractivity contribution in [3.63, 3.8) is 0 Å². The van der Waals surface area contributed by atoms with Gasteiger partial charge in [0.1, 0.15) is 6.20 Å². The minimum atomic E-state index is -1.06. The lowest BCUT2D eigenvalue weighted by atomic mass is 10.0. The summed E-state index contributed by atoms with van der Waals surface area (Å²) in [5, 5.41) is 22.5. The maximum atomic E-state index is 12.2. The van der Waals surface area contributed by atoms with Crippen LogP contribution in [0.5, 0.6) is 0 Å². The summed E-state index contributed by atoms with van der Waals surface area (Å²) in [7, 11) is 0. The molecule has 2 N–H and O–H groups in total. The maximum Gasteiger partial charge on any atom is 0.407 e. The van der Waals surface area contributed by atoms with Gasteiger partial charge in [-0.1, -0.05) is 0 Å². The highest BCUT2D eigenvalue weighted by molar-refractivity contribution is 7.18. The molecule has 2 heterocycles. The molecular formula is C14H21N5O5S. The van der Waals surface area contributed by atoms with Crippen LogP contribution >= 0.6 is 11.3 Å². The van der Waals surface area contributed by atoms with Gasteiger partial charge in [-0.3, -0.25) is 19.8 Å². The Morgan fingerprint density at radius 1 is 1.48 bits per heavy atom. The van der Waals surface area contributed by atoms with E-state index in [1.54, 1.807) is 0 Å². The van der Waals surface area contributed by atoms with E-state index in [1.807, 2.05) is 20.8 Å². The first-order valence-electron chi connectivity index (χ1n) is 7.72. The predicted molar refractivity (Wildman–Crippen MR) is 91.9 cm³/mol. The van der Waals surface area contributed by atoms with Crippen molar-refractivity contribution < 1.29 is 19.6 Å². The monoisotopic (exact) mass is 371 g/mol. The Hall–Kier alpha value is -2.27. The topological polar surface area (TPSA) is 129 Å². The van der Waals surface area contributed by atoms with E-state index >= 15 is 0 Å². The lowest BCUT2D eigenvalue weighted by Crippen LogP contribution is -2.59. The molecule has 1 saturated heterocycles. The minimum Gasteiger partial charge on any atom is -0.465 e. The highest BCUT2D eigenvalue weighted by Gasteiger charge is 2.35. The smallest absolute Gasteiger partial charge is 0.407 e. The lowest BCUT2D eigenvalue weighted by Gasteiger charge is -2.45. The van der Waals surface area contributed by atoms with E-state index in [-0.39, 0.29) is 22.1 Å². The molecule has 0 aliphatic carbocycles. The number of nitrogens with one attached hydrogen (secondary N) is 1. The third-order valence-electron chi connectivity index (χ3n) is 4.02. The average Bonchev–Trinajstić information content (AvgIpc) is 2.94. The van der Waals surface area contributed by atoms with Crippen LogP contribution in [0.4, 0.5) is 14.9 Å². The van der Waals surface area contributed by atoms with E-state index in [4.69, 9.17) is 0 Å². The molecule has 1 aromatic rings. The SMILES string of the molecule is CC(C)(C)N1CCN(C(=O)O)C(CC(=O)Nc2ncc([N+](=O)[O-])s2)C1. The van der Waals surface area contributed by atoms with Gasteiger partial charge in [-0.15, -0.1) is 0 Å². The predicted octanol–water partition coefficient (Wildman–Crippen LogP) is 1.84. The maximum absolute atomic E-state index is 12.2. The zero-order valence-electron chi connectivity index (χ0n) is 14.3. The molecule has 1 aliphatic rings. The van der Waals surface area contributed by atoms with Gasteiger partial charge in [0.05, 0.1) is 11.0 Å². The van der Waals surface area contributed by atoms with Crippen LogP contribution in [0.15, 0.2) is 6.20 Å². The standard InChI is InChI=1S/C14H21N5O5S/c1-14(2,3)17-4-5-18(13(21)22)9(8-17)6-10(20)16-12-15-7-11(25-12)19(23)24/h7,9H,4-6,8H2,1-3H3,(H,21,22)(H,15,16,20). The Morgan fingerprint density at radius 2 is 2.16 bits per heavy atom. The number of piperazine rings is 1. The van der Waals surface area contributed by atoms with Gasteiger partial charge in [0, 0.05) is 31.6 Å². The summed E-state index contributed by atoms with van der Waals surface area (Å²) < 4.78 is 0. The van der Waals surface area contributed by atoms with Gasteiger partial charge in [-0.25, -0.2) is 9.78 Å². The molecule has 1 aliphatic heterocycles. The fourth-order valence-electron chi connectivity index (χ4n) is 2.68. The number of carbonyl (C=O) groups excluding carboxylic acids is 1. The van der Waals surface area contributed by atoms with E-state index in [0.717, 1.165) is 17.5 Å². The van der Waals surface area contributed by atoms with Gasteiger partial charge < -0.3 is 15.3 Å². The molecule has 0 spiro atoms. The van der Waals surface area contributed by atoms with Crippen LogP contribution in [0.3, 0.4) is 0 Å². The summed E-state index contributed by atoms with van der Waals surface area (Å²) in [4.78, 5) is 40.9. The van der Waals surface area contributed by atoms with Gasteiger partial charge in [0.25, 0.3) is 0 Å². The van der Waals surface area contributed by atoms with E-state index in [2.05, 4.69) is 15.2 Å². The number of hydrogen-bond donors (Lipinski definition) is 2.